The maximum Gasteiger partial charge on any atom is 1.00 e. The SMILES string of the molecule is CCCCCCCCCCCCCCOP(=O)(O)O.O=P([O-])(O)O.[Na+]. The molecule has 0 aromatic carbocycles. The first kappa shape index (κ1) is 30.9. The molecule has 0 aromatic heterocycles. The van der Waals surface area contributed by atoms with E-state index in [1.165, 1.54) is 57.8 Å². The molecule has 0 unspecified atom stereocenters. The number of rotatable bonds is 14. The third-order valence-electron chi connectivity index (χ3n) is 3.26. The van der Waals surface area contributed by atoms with Gasteiger partial charge >= 0.3 is 37.4 Å². The summed E-state index contributed by atoms with van der Waals surface area (Å²) in [5, 5.41) is 0. The van der Waals surface area contributed by atoms with Crippen molar-refractivity contribution in [3.8, 4) is 0 Å². The first-order chi connectivity index (χ1) is 11.1. The summed E-state index contributed by atoms with van der Waals surface area (Å²) in [5.41, 5.74) is 0. The van der Waals surface area contributed by atoms with Gasteiger partial charge in [-0.2, -0.15) is 0 Å². The second-order valence-electron chi connectivity index (χ2n) is 5.70. The fourth-order valence-corrected chi connectivity index (χ4v) is 2.49. The second-order valence-corrected chi connectivity index (χ2v) is 7.92. The molecule has 0 atom stereocenters. The summed E-state index contributed by atoms with van der Waals surface area (Å²) >= 11 is 0. The van der Waals surface area contributed by atoms with E-state index in [1.54, 1.807) is 0 Å². The third kappa shape index (κ3) is 45.9. The van der Waals surface area contributed by atoms with Crippen LogP contribution < -0.4 is 34.5 Å². The topological polar surface area (TPSA) is 147 Å². The van der Waals surface area contributed by atoms with Crippen molar-refractivity contribution in [1.82, 2.24) is 0 Å². The number of phosphoric acid groups is 2. The molecule has 0 saturated heterocycles. The summed E-state index contributed by atoms with van der Waals surface area (Å²) < 4.78 is 23.6. The van der Waals surface area contributed by atoms with Gasteiger partial charge in [0.25, 0.3) is 7.82 Å². The maximum atomic E-state index is 10.4. The van der Waals surface area contributed by atoms with Gasteiger partial charge in [-0.05, 0) is 6.42 Å². The number of hydrogen-bond donors (Lipinski definition) is 4. The molecular formula is C14H33NaO8P2. The van der Waals surface area contributed by atoms with Crippen LogP contribution in [-0.2, 0) is 13.7 Å². The van der Waals surface area contributed by atoms with Crippen LogP contribution in [0.3, 0.4) is 0 Å². The zero-order valence-corrected chi connectivity index (χ0v) is 19.3. The van der Waals surface area contributed by atoms with Gasteiger partial charge in [0.05, 0.1) is 6.61 Å². The van der Waals surface area contributed by atoms with Crippen LogP contribution in [0.2, 0.25) is 0 Å². The number of hydrogen-bond acceptors (Lipinski definition) is 4. The summed E-state index contributed by atoms with van der Waals surface area (Å²) in [4.78, 5) is 39.9. The zero-order chi connectivity index (χ0) is 18.9. The second kappa shape index (κ2) is 20.0. The van der Waals surface area contributed by atoms with E-state index in [0.29, 0.717) is 0 Å². The fraction of sp³-hybridized carbons (Fsp3) is 1.00. The quantitative estimate of drug-likeness (QED) is 0.180. The van der Waals surface area contributed by atoms with E-state index in [4.69, 9.17) is 29.0 Å². The van der Waals surface area contributed by atoms with Gasteiger partial charge in [0.2, 0.25) is 0 Å². The minimum absolute atomic E-state index is 0. The fourth-order valence-electron chi connectivity index (χ4n) is 2.13. The van der Waals surface area contributed by atoms with Crippen LogP contribution >= 0.6 is 15.6 Å². The molecule has 0 aliphatic heterocycles. The van der Waals surface area contributed by atoms with E-state index < -0.39 is 15.6 Å². The van der Waals surface area contributed by atoms with E-state index >= 15 is 0 Å². The van der Waals surface area contributed by atoms with Gasteiger partial charge in [0.1, 0.15) is 0 Å². The van der Waals surface area contributed by atoms with Crippen molar-refractivity contribution in [2.45, 2.75) is 84.0 Å². The molecule has 0 bridgehead atoms. The Morgan fingerprint density at radius 3 is 1.28 bits per heavy atom. The summed E-state index contributed by atoms with van der Waals surface area (Å²) in [6.07, 6.45) is 14.9. The van der Waals surface area contributed by atoms with Gasteiger partial charge in [0.15, 0.2) is 0 Å². The van der Waals surface area contributed by atoms with Crippen LogP contribution in [-0.4, -0.2) is 26.2 Å². The molecule has 0 fully saturated rings. The van der Waals surface area contributed by atoms with Crippen molar-refractivity contribution >= 4 is 15.6 Å². The summed E-state index contributed by atoms with van der Waals surface area (Å²) in [7, 11) is -9.14. The van der Waals surface area contributed by atoms with Crippen molar-refractivity contribution in [3.63, 3.8) is 0 Å². The minimum Gasteiger partial charge on any atom is -0.756 e. The maximum absolute atomic E-state index is 10.4. The summed E-state index contributed by atoms with van der Waals surface area (Å²) in [6, 6.07) is 0. The predicted octanol–water partition coefficient (Wildman–Crippen LogP) is 0.240. The molecule has 0 aromatic rings. The van der Waals surface area contributed by atoms with Crippen LogP contribution in [0.5, 0.6) is 0 Å². The van der Waals surface area contributed by atoms with Gasteiger partial charge in [0, 0.05) is 0 Å². The average molecular weight is 414 g/mol. The molecule has 0 amide bonds. The smallest absolute Gasteiger partial charge is 0.756 e. The Labute approximate surface area is 173 Å². The van der Waals surface area contributed by atoms with Crippen molar-refractivity contribution in [2.24, 2.45) is 0 Å². The largest absolute Gasteiger partial charge is 1.00 e. The predicted molar refractivity (Wildman–Crippen MR) is 91.1 cm³/mol. The van der Waals surface area contributed by atoms with Crippen LogP contribution in [0.15, 0.2) is 0 Å². The van der Waals surface area contributed by atoms with Crippen molar-refractivity contribution < 1.29 is 67.7 Å². The number of unbranched alkanes of at least 4 members (excludes halogenated alkanes) is 11. The monoisotopic (exact) mass is 414 g/mol. The molecule has 0 heterocycles. The van der Waals surface area contributed by atoms with Gasteiger partial charge in [-0.15, -0.1) is 0 Å². The van der Waals surface area contributed by atoms with Crippen molar-refractivity contribution in [3.05, 3.63) is 0 Å². The van der Waals surface area contributed by atoms with Crippen LogP contribution in [0.25, 0.3) is 0 Å². The molecule has 0 aliphatic carbocycles. The van der Waals surface area contributed by atoms with E-state index in [1.807, 2.05) is 0 Å². The van der Waals surface area contributed by atoms with E-state index in [2.05, 4.69) is 11.4 Å². The van der Waals surface area contributed by atoms with Gasteiger partial charge in [-0.1, -0.05) is 77.6 Å². The molecule has 148 valence electrons. The standard InChI is InChI=1S/C14H31O4P.Na.H3O4P/c1-2-3-4-5-6-7-8-9-10-11-12-13-14-18-19(15,16)17;;1-5(2,3)4/h2-14H2,1H3,(H2,15,16,17);;(H3,1,2,3,4)/q;+1;/p-1. The summed E-state index contributed by atoms with van der Waals surface area (Å²) in [6.45, 7) is 2.41. The van der Waals surface area contributed by atoms with E-state index in [-0.39, 0.29) is 36.2 Å². The Hall–Kier alpha value is 1.22. The molecule has 0 aliphatic rings. The molecule has 11 heteroatoms. The first-order valence-corrected chi connectivity index (χ1v) is 11.6. The molecule has 25 heavy (non-hydrogen) atoms. The summed E-state index contributed by atoms with van der Waals surface area (Å²) in [5.74, 6) is 0. The Morgan fingerprint density at radius 2 is 1.00 bits per heavy atom. The Balaban J connectivity index is -0.000000704. The minimum atomic E-state index is -4.89. The van der Waals surface area contributed by atoms with Crippen molar-refractivity contribution in [2.75, 3.05) is 6.61 Å². The Bertz CT molecular complexity index is 350. The molecule has 0 rings (SSSR count). The van der Waals surface area contributed by atoms with Crippen molar-refractivity contribution in [1.29, 1.82) is 0 Å². The normalized spacial score (nSPS) is 11.4. The van der Waals surface area contributed by atoms with Gasteiger partial charge < -0.3 is 24.5 Å². The molecule has 0 saturated carbocycles. The van der Waals surface area contributed by atoms with E-state index in [9.17, 15) is 4.57 Å². The first-order valence-electron chi connectivity index (χ1n) is 8.53. The van der Waals surface area contributed by atoms with Crippen LogP contribution in [0, 0.1) is 0 Å². The Kier molecular flexibility index (Phi) is 24.7. The van der Waals surface area contributed by atoms with Crippen LogP contribution in [0.1, 0.15) is 84.0 Å². The van der Waals surface area contributed by atoms with Crippen LogP contribution in [0.4, 0.5) is 0 Å². The van der Waals surface area contributed by atoms with Gasteiger partial charge in [-0.25, -0.2) is 4.57 Å². The molecule has 0 radical (unpaired) electrons. The molecular weight excluding hydrogens is 381 g/mol. The average Bonchev–Trinajstić information content (AvgIpc) is 2.41. The van der Waals surface area contributed by atoms with Gasteiger partial charge in [-0.3, -0.25) is 9.09 Å². The Morgan fingerprint density at radius 1 is 0.720 bits per heavy atom. The zero-order valence-electron chi connectivity index (χ0n) is 15.5. The third-order valence-corrected chi connectivity index (χ3v) is 3.78. The molecule has 4 N–H and O–H groups in total. The molecule has 8 nitrogen and oxygen atoms in total. The number of phosphoric ester groups is 1. The van der Waals surface area contributed by atoms with E-state index in [0.717, 1.165) is 19.3 Å². The molecule has 0 spiro atoms.